The Morgan fingerprint density at radius 1 is 1.13 bits per heavy atom. The monoisotopic (exact) mass is 310 g/mol. The zero-order chi connectivity index (χ0) is 16.8. The Morgan fingerprint density at radius 3 is 2.57 bits per heavy atom. The summed E-state index contributed by atoms with van der Waals surface area (Å²) in [7, 11) is 0. The molecule has 0 unspecified atom stereocenters. The number of hydrogen-bond donors (Lipinski definition) is 2. The van der Waals surface area contributed by atoms with Crippen molar-refractivity contribution in [2.24, 2.45) is 0 Å². The van der Waals surface area contributed by atoms with Gasteiger partial charge in [-0.3, -0.25) is 0 Å². The second-order valence-electron chi connectivity index (χ2n) is 6.85. The highest BCUT2D eigenvalue weighted by Gasteiger charge is 2.23. The molecule has 0 aliphatic heterocycles. The van der Waals surface area contributed by atoms with E-state index >= 15 is 0 Å². The lowest BCUT2D eigenvalue weighted by molar-refractivity contribution is 0.363. The van der Waals surface area contributed by atoms with E-state index in [1.54, 1.807) is 0 Å². The number of aromatic nitrogens is 4. The largest absolute Gasteiger partial charge is 0.399 e. The Balaban J connectivity index is 2.20. The van der Waals surface area contributed by atoms with Gasteiger partial charge >= 0.3 is 0 Å². The Morgan fingerprint density at radius 2 is 1.87 bits per heavy atom. The van der Waals surface area contributed by atoms with Gasteiger partial charge in [0, 0.05) is 12.1 Å². The second-order valence-corrected chi connectivity index (χ2v) is 6.85. The molecule has 0 spiro atoms. The van der Waals surface area contributed by atoms with Crippen molar-refractivity contribution < 1.29 is 0 Å². The quantitative estimate of drug-likeness (QED) is 0.709. The van der Waals surface area contributed by atoms with Crippen molar-refractivity contribution in [3.8, 4) is 0 Å². The first-order valence-corrected chi connectivity index (χ1v) is 7.61. The van der Waals surface area contributed by atoms with Crippen LogP contribution in [0.4, 0.5) is 11.5 Å². The van der Waals surface area contributed by atoms with Crippen LogP contribution in [0.3, 0.4) is 0 Å². The van der Waals surface area contributed by atoms with Crippen LogP contribution in [0.5, 0.6) is 0 Å². The van der Waals surface area contributed by atoms with Gasteiger partial charge in [0.25, 0.3) is 0 Å². The number of benzene rings is 1. The normalized spacial score (nSPS) is 12.0. The summed E-state index contributed by atoms with van der Waals surface area (Å²) in [5.74, 6) is 0.460. The third-order valence-corrected chi connectivity index (χ3v) is 3.93. The molecule has 0 radical (unpaired) electrons. The van der Waals surface area contributed by atoms with Gasteiger partial charge in [0.1, 0.15) is 12.1 Å². The highest BCUT2D eigenvalue weighted by molar-refractivity contribution is 5.88. The molecule has 0 saturated heterocycles. The molecular weight excluding hydrogens is 288 g/mol. The van der Waals surface area contributed by atoms with E-state index in [0.29, 0.717) is 12.2 Å². The lowest BCUT2D eigenvalue weighted by Crippen LogP contribution is -2.23. The third-order valence-electron chi connectivity index (χ3n) is 3.93. The van der Waals surface area contributed by atoms with Crippen molar-refractivity contribution in [2.75, 3.05) is 11.5 Å². The average Bonchev–Trinajstić information content (AvgIpc) is 2.83. The summed E-state index contributed by atoms with van der Waals surface area (Å²) in [6, 6.07) is 5.91. The van der Waals surface area contributed by atoms with E-state index in [0.717, 1.165) is 28.0 Å². The summed E-state index contributed by atoms with van der Waals surface area (Å²) in [5.41, 5.74) is 16.5. The van der Waals surface area contributed by atoms with Crippen molar-refractivity contribution in [1.29, 1.82) is 0 Å². The summed E-state index contributed by atoms with van der Waals surface area (Å²) in [5, 5.41) is 5.60. The van der Waals surface area contributed by atoms with Crippen molar-refractivity contribution in [2.45, 2.75) is 39.7 Å². The molecule has 6 heteroatoms. The maximum absolute atomic E-state index is 6.11. The van der Waals surface area contributed by atoms with Crippen molar-refractivity contribution in [1.82, 2.24) is 19.7 Å². The van der Waals surface area contributed by atoms with Crippen LogP contribution in [0, 0.1) is 6.92 Å². The summed E-state index contributed by atoms with van der Waals surface area (Å²) < 4.78 is 1.91. The highest BCUT2D eigenvalue weighted by atomic mass is 15.3. The maximum atomic E-state index is 6.11. The number of rotatable bonds is 2. The van der Waals surface area contributed by atoms with E-state index in [-0.39, 0.29) is 5.54 Å². The first kappa shape index (κ1) is 15.3. The van der Waals surface area contributed by atoms with Crippen LogP contribution >= 0.6 is 0 Å². The Bertz CT molecular complexity index is 873. The van der Waals surface area contributed by atoms with Crippen LogP contribution in [0.2, 0.25) is 0 Å². The van der Waals surface area contributed by atoms with Gasteiger partial charge in [0.05, 0.1) is 16.6 Å². The summed E-state index contributed by atoms with van der Waals surface area (Å²) in [6.07, 6.45) is 2.13. The topological polar surface area (TPSA) is 95.6 Å². The smallest absolute Gasteiger partial charge is 0.164 e. The maximum Gasteiger partial charge on any atom is 0.164 e. The van der Waals surface area contributed by atoms with Crippen molar-refractivity contribution >= 4 is 22.5 Å². The lowest BCUT2D eigenvalue weighted by atomic mass is 10.0. The molecular formula is C17H22N6. The first-order valence-electron chi connectivity index (χ1n) is 7.61. The number of nitrogens with two attached hydrogens (primary N) is 2. The Hall–Kier alpha value is -2.63. The molecule has 0 aliphatic carbocycles. The van der Waals surface area contributed by atoms with Gasteiger partial charge < -0.3 is 11.5 Å². The standard InChI is InChI=1S/C17H22N6/c1-10-5-6-12(18)7-11(10)8-13-14-15(19)20-9-21-16(14)23(22-13)17(2,3)4/h5-7,9H,8,18H2,1-4H3,(H2,19,20,21). The molecule has 3 aromatic rings. The second kappa shape index (κ2) is 5.22. The van der Waals surface area contributed by atoms with Crippen LogP contribution in [-0.4, -0.2) is 19.7 Å². The average molecular weight is 310 g/mol. The summed E-state index contributed by atoms with van der Waals surface area (Å²) >= 11 is 0. The number of hydrogen-bond acceptors (Lipinski definition) is 5. The van der Waals surface area contributed by atoms with Crippen LogP contribution in [0.15, 0.2) is 24.5 Å². The highest BCUT2D eigenvalue weighted by Crippen LogP contribution is 2.28. The van der Waals surface area contributed by atoms with Gasteiger partial charge in [-0.25, -0.2) is 14.6 Å². The number of anilines is 2. The van der Waals surface area contributed by atoms with Crippen LogP contribution in [-0.2, 0) is 12.0 Å². The predicted molar refractivity (Wildman–Crippen MR) is 93.1 cm³/mol. The number of nitrogen functional groups attached to an aromatic ring is 2. The summed E-state index contributed by atoms with van der Waals surface area (Å²) in [4.78, 5) is 8.53. The minimum atomic E-state index is -0.192. The van der Waals surface area contributed by atoms with Crippen molar-refractivity contribution in [3.05, 3.63) is 41.3 Å². The number of fused-ring (bicyclic) bond motifs is 1. The fourth-order valence-corrected chi connectivity index (χ4v) is 2.70. The lowest BCUT2D eigenvalue weighted by Gasteiger charge is -2.19. The van der Waals surface area contributed by atoms with Gasteiger partial charge in [-0.15, -0.1) is 0 Å². The van der Waals surface area contributed by atoms with Gasteiger partial charge in [-0.1, -0.05) is 6.07 Å². The molecule has 0 amide bonds. The molecule has 0 fully saturated rings. The first-order chi connectivity index (χ1) is 10.8. The van der Waals surface area contributed by atoms with E-state index in [2.05, 4.69) is 37.7 Å². The van der Waals surface area contributed by atoms with E-state index in [1.807, 2.05) is 22.9 Å². The molecule has 2 heterocycles. The molecule has 6 nitrogen and oxygen atoms in total. The fraction of sp³-hybridized carbons (Fsp3) is 0.353. The minimum Gasteiger partial charge on any atom is -0.399 e. The van der Waals surface area contributed by atoms with Crippen LogP contribution in [0.25, 0.3) is 11.0 Å². The molecule has 120 valence electrons. The van der Waals surface area contributed by atoms with E-state index in [9.17, 15) is 0 Å². The number of aryl methyl sites for hydroxylation is 1. The molecule has 4 N–H and O–H groups in total. The van der Waals surface area contributed by atoms with Gasteiger partial charge in [0.2, 0.25) is 0 Å². The Labute approximate surface area is 135 Å². The zero-order valence-electron chi connectivity index (χ0n) is 14.0. The number of nitrogens with zero attached hydrogens (tertiary/aromatic N) is 4. The van der Waals surface area contributed by atoms with Crippen LogP contribution in [0.1, 0.15) is 37.6 Å². The predicted octanol–water partition coefficient (Wildman–Crippen LogP) is 2.64. The molecule has 0 bridgehead atoms. The molecule has 1 aromatic carbocycles. The summed E-state index contributed by atoms with van der Waals surface area (Å²) in [6.45, 7) is 8.34. The molecule has 3 rings (SSSR count). The van der Waals surface area contributed by atoms with E-state index < -0.39 is 0 Å². The van der Waals surface area contributed by atoms with Crippen molar-refractivity contribution in [3.63, 3.8) is 0 Å². The molecule has 0 aliphatic rings. The van der Waals surface area contributed by atoms with Gasteiger partial charge in [0.15, 0.2) is 5.65 Å². The minimum absolute atomic E-state index is 0.192. The van der Waals surface area contributed by atoms with E-state index in [4.69, 9.17) is 16.6 Å². The fourth-order valence-electron chi connectivity index (χ4n) is 2.70. The Kier molecular flexibility index (Phi) is 3.47. The molecule has 0 atom stereocenters. The third kappa shape index (κ3) is 2.72. The molecule has 23 heavy (non-hydrogen) atoms. The molecule has 0 saturated carbocycles. The molecule has 2 aromatic heterocycles. The van der Waals surface area contributed by atoms with E-state index in [1.165, 1.54) is 11.9 Å². The van der Waals surface area contributed by atoms with Gasteiger partial charge in [-0.2, -0.15) is 5.10 Å². The zero-order valence-corrected chi connectivity index (χ0v) is 14.0. The van der Waals surface area contributed by atoms with Crippen LogP contribution < -0.4 is 11.5 Å². The van der Waals surface area contributed by atoms with Gasteiger partial charge in [-0.05, 0) is 51.0 Å². The SMILES string of the molecule is Cc1ccc(N)cc1Cc1nn(C(C)(C)C)c2ncnc(N)c12.